The summed E-state index contributed by atoms with van der Waals surface area (Å²) in [5.41, 5.74) is 1.41. The second-order valence-corrected chi connectivity index (χ2v) is 7.33. The molecular weight excluding hydrogens is 310 g/mol. The molecule has 1 amide bonds. The van der Waals surface area contributed by atoms with Crippen LogP contribution in [0.15, 0.2) is 54.9 Å². The zero-order valence-electron chi connectivity index (χ0n) is 14.8. The van der Waals surface area contributed by atoms with Crippen LogP contribution in [0, 0.1) is 5.92 Å². The molecule has 4 nitrogen and oxygen atoms in total. The lowest BCUT2D eigenvalue weighted by molar-refractivity contribution is -0.122. The highest BCUT2D eigenvalue weighted by Gasteiger charge is 2.38. The Morgan fingerprint density at radius 1 is 0.960 bits per heavy atom. The molecule has 2 fully saturated rings. The molecule has 0 bridgehead atoms. The van der Waals surface area contributed by atoms with Gasteiger partial charge in [-0.2, -0.15) is 0 Å². The number of likely N-dealkylation sites (tertiary alicyclic amines) is 1. The minimum Gasteiger partial charge on any atom is -0.303 e. The van der Waals surface area contributed by atoms with Crippen molar-refractivity contribution in [1.29, 1.82) is 0 Å². The highest BCUT2D eigenvalue weighted by Crippen LogP contribution is 2.32. The molecule has 0 spiro atoms. The fraction of sp³-hybridized carbons (Fsp3) is 0.476. The van der Waals surface area contributed by atoms with E-state index in [1.807, 2.05) is 34.2 Å². The normalized spacial score (nSPS) is 19.0. The first-order valence-electron chi connectivity index (χ1n) is 9.54. The summed E-state index contributed by atoms with van der Waals surface area (Å²) in [4.78, 5) is 15.3. The molecule has 1 aliphatic carbocycles. The summed E-state index contributed by atoms with van der Waals surface area (Å²) in [6.45, 7) is 3.26. The van der Waals surface area contributed by atoms with Crippen molar-refractivity contribution in [1.82, 2.24) is 9.58 Å². The molecule has 2 heterocycles. The van der Waals surface area contributed by atoms with Crippen molar-refractivity contribution in [2.75, 3.05) is 24.6 Å². The van der Waals surface area contributed by atoms with Crippen molar-refractivity contribution in [3.05, 3.63) is 60.4 Å². The van der Waals surface area contributed by atoms with Crippen LogP contribution in [0.3, 0.4) is 0 Å². The van der Waals surface area contributed by atoms with E-state index in [-0.39, 0.29) is 5.92 Å². The van der Waals surface area contributed by atoms with Gasteiger partial charge in [0.25, 0.3) is 0 Å². The number of piperidine rings is 1. The van der Waals surface area contributed by atoms with Crippen LogP contribution in [-0.2, 0) is 11.2 Å². The van der Waals surface area contributed by atoms with Crippen molar-refractivity contribution in [2.45, 2.75) is 38.1 Å². The Morgan fingerprint density at radius 2 is 1.64 bits per heavy atom. The van der Waals surface area contributed by atoms with Gasteiger partial charge in [-0.25, -0.2) is 5.01 Å². The van der Waals surface area contributed by atoms with Crippen molar-refractivity contribution in [3.63, 3.8) is 0 Å². The van der Waals surface area contributed by atoms with Gasteiger partial charge in [0.05, 0.1) is 6.04 Å². The average molecular weight is 337 g/mol. The number of hydrogen-bond donors (Lipinski definition) is 0. The maximum Gasteiger partial charge on any atom is 0.244 e. The largest absolute Gasteiger partial charge is 0.303 e. The van der Waals surface area contributed by atoms with Crippen LogP contribution in [0.4, 0.5) is 0 Å². The minimum atomic E-state index is 0.263. The summed E-state index contributed by atoms with van der Waals surface area (Å²) >= 11 is 0. The topological polar surface area (TPSA) is 28.5 Å². The number of hydrogen-bond acceptors (Lipinski definition) is 2. The summed E-state index contributed by atoms with van der Waals surface area (Å²) < 4.78 is 2.00. The van der Waals surface area contributed by atoms with Crippen molar-refractivity contribution in [2.24, 2.45) is 5.92 Å². The van der Waals surface area contributed by atoms with Crippen molar-refractivity contribution >= 4 is 5.91 Å². The number of carbonyl (C=O) groups excluding carboxylic acids is 1. The fourth-order valence-electron chi connectivity index (χ4n) is 3.79. The number of aromatic nitrogens is 1. The predicted octanol–water partition coefficient (Wildman–Crippen LogP) is 3.07. The van der Waals surface area contributed by atoms with E-state index in [1.54, 1.807) is 0 Å². The van der Waals surface area contributed by atoms with Gasteiger partial charge in [-0.15, -0.1) is 0 Å². The molecule has 0 atom stereocenters. The van der Waals surface area contributed by atoms with Gasteiger partial charge in [0.15, 0.2) is 0 Å². The van der Waals surface area contributed by atoms with Crippen LogP contribution >= 0.6 is 0 Å². The van der Waals surface area contributed by atoms with Gasteiger partial charge in [0.1, 0.15) is 0 Å². The van der Waals surface area contributed by atoms with Gasteiger partial charge in [0.2, 0.25) is 5.91 Å². The summed E-state index contributed by atoms with van der Waals surface area (Å²) in [6, 6.07) is 15.0. The van der Waals surface area contributed by atoms with Crippen LogP contribution in [0.2, 0.25) is 0 Å². The molecule has 1 aromatic heterocycles. The van der Waals surface area contributed by atoms with E-state index in [0.29, 0.717) is 11.9 Å². The molecule has 1 aromatic carbocycles. The molecule has 2 aromatic rings. The molecule has 132 valence electrons. The predicted molar refractivity (Wildman–Crippen MR) is 100.0 cm³/mol. The molecule has 0 radical (unpaired) electrons. The lowest BCUT2D eigenvalue weighted by atomic mass is 10.0. The number of benzene rings is 1. The second kappa shape index (κ2) is 7.44. The molecule has 0 N–H and O–H groups in total. The molecule has 4 rings (SSSR count). The van der Waals surface area contributed by atoms with Crippen LogP contribution in [0.25, 0.3) is 0 Å². The quantitative estimate of drug-likeness (QED) is 0.810. The SMILES string of the molecule is O=C(C1CC1)N(C1CCN(CCc2ccccc2)CC1)n1cccc1. The van der Waals surface area contributed by atoms with E-state index in [9.17, 15) is 4.79 Å². The number of carbonyl (C=O) groups is 1. The van der Waals surface area contributed by atoms with E-state index in [2.05, 4.69) is 35.2 Å². The molecule has 0 unspecified atom stereocenters. The average Bonchev–Trinajstić information content (AvgIpc) is 3.38. The van der Waals surface area contributed by atoms with Gasteiger partial charge in [0, 0.05) is 37.9 Å². The second-order valence-electron chi connectivity index (χ2n) is 7.33. The van der Waals surface area contributed by atoms with E-state index < -0.39 is 0 Å². The third-order valence-electron chi connectivity index (χ3n) is 5.45. The summed E-state index contributed by atoms with van der Waals surface area (Å²) in [5, 5.41) is 2.03. The Labute approximate surface area is 150 Å². The van der Waals surface area contributed by atoms with Crippen LogP contribution in [0.1, 0.15) is 31.2 Å². The van der Waals surface area contributed by atoms with Crippen molar-refractivity contribution < 1.29 is 4.79 Å². The zero-order chi connectivity index (χ0) is 17.1. The lowest BCUT2D eigenvalue weighted by Crippen LogP contribution is -2.53. The minimum absolute atomic E-state index is 0.263. The van der Waals surface area contributed by atoms with Crippen LogP contribution in [0.5, 0.6) is 0 Å². The van der Waals surface area contributed by atoms with Gasteiger partial charge in [-0.1, -0.05) is 30.3 Å². The third kappa shape index (κ3) is 3.96. The summed E-state index contributed by atoms with van der Waals surface area (Å²) in [7, 11) is 0. The number of nitrogens with zero attached hydrogens (tertiary/aromatic N) is 3. The summed E-state index contributed by atoms with van der Waals surface area (Å²) in [6.07, 6.45) is 9.36. The highest BCUT2D eigenvalue weighted by atomic mass is 16.2. The Bertz CT molecular complexity index is 670. The van der Waals surface area contributed by atoms with E-state index >= 15 is 0 Å². The monoisotopic (exact) mass is 337 g/mol. The lowest BCUT2D eigenvalue weighted by Gasteiger charge is -2.39. The van der Waals surface area contributed by atoms with Crippen LogP contribution in [-0.4, -0.2) is 41.2 Å². The Morgan fingerprint density at radius 3 is 2.28 bits per heavy atom. The van der Waals surface area contributed by atoms with Gasteiger partial charge < -0.3 is 4.90 Å². The fourth-order valence-corrected chi connectivity index (χ4v) is 3.79. The van der Waals surface area contributed by atoms with Crippen molar-refractivity contribution in [3.8, 4) is 0 Å². The maximum atomic E-state index is 12.8. The van der Waals surface area contributed by atoms with E-state index in [0.717, 1.165) is 51.7 Å². The number of rotatable bonds is 6. The molecule has 2 aliphatic rings. The Kier molecular flexibility index (Phi) is 4.88. The molecular formula is C21H27N3O. The first kappa shape index (κ1) is 16.4. The van der Waals surface area contributed by atoms with E-state index in [4.69, 9.17) is 0 Å². The van der Waals surface area contributed by atoms with Gasteiger partial charge >= 0.3 is 0 Å². The molecule has 1 saturated heterocycles. The highest BCUT2D eigenvalue weighted by molar-refractivity contribution is 5.90. The third-order valence-corrected chi connectivity index (χ3v) is 5.45. The standard InChI is InChI=1S/C21H27N3O/c25-21(19-8-9-19)24(23-13-4-5-14-23)20-11-16-22(17-12-20)15-10-18-6-2-1-3-7-18/h1-7,13-14,19-20H,8-12,15-17H2. The maximum absolute atomic E-state index is 12.8. The zero-order valence-corrected chi connectivity index (χ0v) is 14.8. The Hall–Kier alpha value is -2.07. The molecule has 1 aliphatic heterocycles. The smallest absolute Gasteiger partial charge is 0.244 e. The van der Waals surface area contributed by atoms with Gasteiger partial charge in [-0.05, 0) is 49.8 Å². The number of amides is 1. The molecule has 1 saturated carbocycles. The Balaban J connectivity index is 1.34. The van der Waals surface area contributed by atoms with Gasteiger partial charge in [-0.3, -0.25) is 9.47 Å². The van der Waals surface area contributed by atoms with Crippen LogP contribution < -0.4 is 5.01 Å². The first-order chi connectivity index (χ1) is 12.3. The summed E-state index contributed by atoms with van der Waals surface area (Å²) in [5.74, 6) is 0.581. The first-order valence-corrected chi connectivity index (χ1v) is 9.54. The molecule has 4 heteroatoms. The van der Waals surface area contributed by atoms with E-state index in [1.165, 1.54) is 5.56 Å². The molecule has 25 heavy (non-hydrogen) atoms.